The Kier molecular flexibility index (Phi) is 5.35. The van der Waals surface area contributed by atoms with Gasteiger partial charge in [-0.05, 0) is 36.4 Å². The van der Waals surface area contributed by atoms with Crippen molar-refractivity contribution in [3.63, 3.8) is 0 Å². The van der Waals surface area contributed by atoms with E-state index in [1.165, 1.54) is 54.3 Å². The SMILES string of the molecule is CN(C(=O)c1cn2c(-c3ccc(C(F)(F)F)cc3)cnc2cn1)c1ccc(C(F)(F)F)cc1. The first kappa shape index (κ1) is 22.3. The Hall–Kier alpha value is -3.89. The maximum Gasteiger partial charge on any atom is 0.416 e. The van der Waals surface area contributed by atoms with Gasteiger partial charge in [0.1, 0.15) is 5.69 Å². The summed E-state index contributed by atoms with van der Waals surface area (Å²) >= 11 is 0. The third-order valence-corrected chi connectivity index (χ3v) is 5.01. The molecule has 4 rings (SSSR count). The minimum Gasteiger partial charge on any atom is -0.310 e. The Morgan fingerprint density at radius 1 is 0.818 bits per heavy atom. The summed E-state index contributed by atoms with van der Waals surface area (Å²) in [5.74, 6) is -0.594. The number of aromatic nitrogens is 3. The molecular weight excluding hydrogens is 450 g/mol. The molecule has 2 aromatic carbocycles. The molecule has 0 bridgehead atoms. The molecule has 0 aliphatic heterocycles. The monoisotopic (exact) mass is 464 g/mol. The highest BCUT2D eigenvalue weighted by Crippen LogP contribution is 2.32. The first-order valence-corrected chi connectivity index (χ1v) is 9.41. The molecule has 4 aromatic rings. The van der Waals surface area contributed by atoms with Crippen molar-refractivity contribution in [1.82, 2.24) is 14.4 Å². The molecule has 170 valence electrons. The maximum atomic E-state index is 12.9. The summed E-state index contributed by atoms with van der Waals surface area (Å²) < 4.78 is 78.3. The van der Waals surface area contributed by atoms with Gasteiger partial charge in [-0.25, -0.2) is 9.97 Å². The Balaban J connectivity index is 1.64. The van der Waals surface area contributed by atoms with Gasteiger partial charge in [-0.2, -0.15) is 26.3 Å². The first-order chi connectivity index (χ1) is 15.4. The van der Waals surface area contributed by atoms with Crippen LogP contribution in [0.15, 0.2) is 67.1 Å². The number of anilines is 1. The lowest BCUT2D eigenvalue weighted by Gasteiger charge is -2.18. The van der Waals surface area contributed by atoms with E-state index in [0.29, 0.717) is 16.9 Å². The van der Waals surface area contributed by atoms with E-state index in [-0.39, 0.29) is 11.4 Å². The van der Waals surface area contributed by atoms with Crippen LogP contribution in [-0.2, 0) is 12.4 Å². The van der Waals surface area contributed by atoms with Gasteiger partial charge in [0.2, 0.25) is 0 Å². The summed E-state index contributed by atoms with van der Waals surface area (Å²) in [6.45, 7) is 0. The van der Waals surface area contributed by atoms with E-state index in [9.17, 15) is 31.1 Å². The van der Waals surface area contributed by atoms with E-state index in [2.05, 4.69) is 9.97 Å². The number of hydrogen-bond acceptors (Lipinski definition) is 3. The van der Waals surface area contributed by atoms with Crippen molar-refractivity contribution in [2.75, 3.05) is 11.9 Å². The summed E-state index contributed by atoms with van der Waals surface area (Å²) in [5.41, 5.74) is -0.205. The number of carbonyl (C=O) groups is 1. The van der Waals surface area contributed by atoms with Crippen molar-refractivity contribution in [2.45, 2.75) is 12.4 Å². The van der Waals surface area contributed by atoms with E-state index in [1.807, 2.05) is 0 Å². The van der Waals surface area contributed by atoms with Gasteiger partial charge < -0.3 is 4.90 Å². The average Bonchev–Trinajstić information content (AvgIpc) is 3.20. The number of rotatable bonds is 3. The Morgan fingerprint density at radius 3 is 1.91 bits per heavy atom. The largest absolute Gasteiger partial charge is 0.416 e. The molecule has 0 aliphatic rings. The van der Waals surface area contributed by atoms with Crippen molar-refractivity contribution >= 4 is 17.2 Å². The number of carbonyl (C=O) groups excluding carboxylic acids is 1. The molecule has 5 nitrogen and oxygen atoms in total. The van der Waals surface area contributed by atoms with Gasteiger partial charge in [0.05, 0.1) is 29.2 Å². The molecular formula is C22H14F6N4O. The van der Waals surface area contributed by atoms with Crippen molar-refractivity contribution in [3.05, 3.63) is 83.9 Å². The quantitative estimate of drug-likeness (QED) is 0.365. The number of fused-ring (bicyclic) bond motifs is 1. The molecule has 2 aromatic heterocycles. The fraction of sp³-hybridized carbons (Fsp3) is 0.136. The Labute approximate surface area is 182 Å². The predicted molar refractivity (Wildman–Crippen MR) is 108 cm³/mol. The van der Waals surface area contributed by atoms with Crippen molar-refractivity contribution in [3.8, 4) is 11.3 Å². The molecule has 11 heteroatoms. The lowest BCUT2D eigenvalue weighted by molar-refractivity contribution is -0.138. The minimum atomic E-state index is -4.50. The van der Waals surface area contributed by atoms with Crippen molar-refractivity contribution in [2.24, 2.45) is 0 Å². The molecule has 0 radical (unpaired) electrons. The highest BCUT2D eigenvalue weighted by atomic mass is 19.4. The fourth-order valence-corrected chi connectivity index (χ4v) is 3.21. The zero-order valence-electron chi connectivity index (χ0n) is 16.8. The van der Waals surface area contributed by atoms with Gasteiger partial charge in [-0.15, -0.1) is 0 Å². The van der Waals surface area contributed by atoms with Crippen LogP contribution >= 0.6 is 0 Å². The molecule has 0 saturated carbocycles. The highest BCUT2D eigenvalue weighted by Gasteiger charge is 2.31. The van der Waals surface area contributed by atoms with Crippen LogP contribution in [0.1, 0.15) is 21.6 Å². The average molecular weight is 464 g/mol. The summed E-state index contributed by atoms with van der Waals surface area (Å²) in [7, 11) is 1.39. The van der Waals surface area contributed by atoms with E-state index in [0.717, 1.165) is 29.2 Å². The molecule has 2 heterocycles. The van der Waals surface area contributed by atoms with Crippen LogP contribution in [0.4, 0.5) is 32.0 Å². The van der Waals surface area contributed by atoms with E-state index >= 15 is 0 Å². The van der Waals surface area contributed by atoms with Gasteiger partial charge in [0.15, 0.2) is 5.65 Å². The van der Waals surface area contributed by atoms with Crippen LogP contribution in [0.2, 0.25) is 0 Å². The molecule has 0 saturated heterocycles. The normalized spacial score (nSPS) is 12.2. The second-order valence-corrected chi connectivity index (χ2v) is 7.13. The number of alkyl halides is 6. The summed E-state index contributed by atoms with van der Waals surface area (Å²) in [6.07, 6.45) is -4.83. The second-order valence-electron chi connectivity index (χ2n) is 7.13. The van der Waals surface area contributed by atoms with Crippen molar-refractivity contribution < 1.29 is 31.1 Å². The van der Waals surface area contributed by atoms with Gasteiger partial charge in [0.25, 0.3) is 5.91 Å². The minimum absolute atomic E-state index is 0.0314. The molecule has 1 amide bonds. The lowest BCUT2D eigenvalue weighted by atomic mass is 10.1. The summed E-state index contributed by atoms with van der Waals surface area (Å²) in [5, 5.41) is 0. The zero-order valence-corrected chi connectivity index (χ0v) is 16.8. The van der Waals surface area contributed by atoms with Crippen LogP contribution in [0.3, 0.4) is 0 Å². The third kappa shape index (κ3) is 4.38. The van der Waals surface area contributed by atoms with Gasteiger partial charge in [0, 0.05) is 24.5 Å². The second kappa shape index (κ2) is 7.91. The maximum absolute atomic E-state index is 12.9. The predicted octanol–water partition coefficient (Wildman–Crippen LogP) is 5.71. The van der Waals surface area contributed by atoms with E-state index in [4.69, 9.17) is 0 Å². The Bertz CT molecular complexity index is 1310. The molecule has 0 atom stereocenters. The highest BCUT2D eigenvalue weighted by molar-refractivity contribution is 6.04. The van der Waals surface area contributed by atoms with Gasteiger partial charge in [-0.1, -0.05) is 12.1 Å². The molecule has 0 aliphatic carbocycles. The number of imidazole rings is 1. The Morgan fingerprint density at radius 2 is 1.36 bits per heavy atom. The topological polar surface area (TPSA) is 50.5 Å². The fourth-order valence-electron chi connectivity index (χ4n) is 3.21. The summed E-state index contributed by atoms with van der Waals surface area (Å²) in [6, 6.07) is 8.56. The van der Waals surface area contributed by atoms with Crippen LogP contribution in [0.25, 0.3) is 16.9 Å². The summed E-state index contributed by atoms with van der Waals surface area (Å²) in [4.78, 5) is 22.2. The van der Waals surface area contributed by atoms with Crippen molar-refractivity contribution in [1.29, 1.82) is 0 Å². The number of halogens is 6. The number of nitrogens with zero attached hydrogens (tertiary/aromatic N) is 4. The smallest absolute Gasteiger partial charge is 0.310 e. The van der Waals surface area contributed by atoms with Crippen LogP contribution in [-0.4, -0.2) is 27.3 Å². The molecule has 0 fully saturated rings. The van der Waals surface area contributed by atoms with E-state index < -0.39 is 29.4 Å². The van der Waals surface area contributed by atoms with Gasteiger partial charge in [-0.3, -0.25) is 9.20 Å². The van der Waals surface area contributed by atoms with Crippen LogP contribution < -0.4 is 4.90 Å². The number of hydrogen-bond donors (Lipinski definition) is 0. The van der Waals surface area contributed by atoms with Crippen LogP contribution in [0, 0.1) is 0 Å². The molecule has 0 unspecified atom stereocenters. The van der Waals surface area contributed by atoms with Gasteiger partial charge >= 0.3 is 12.4 Å². The lowest BCUT2D eigenvalue weighted by Crippen LogP contribution is -2.27. The molecule has 0 spiro atoms. The first-order valence-electron chi connectivity index (χ1n) is 9.41. The standard InChI is InChI=1S/C22H14F6N4O/c1-31(16-8-6-15(7-9-16)22(26,27)28)20(33)17-12-32-18(10-30-19(32)11-29-17)13-2-4-14(5-3-13)21(23,24)25/h2-12H,1H3. The molecule has 0 N–H and O–H groups in total. The number of amides is 1. The van der Waals surface area contributed by atoms with E-state index in [1.54, 1.807) is 0 Å². The van der Waals surface area contributed by atoms with Crippen LogP contribution in [0.5, 0.6) is 0 Å². The third-order valence-electron chi connectivity index (χ3n) is 5.01. The number of benzene rings is 2. The zero-order chi connectivity index (χ0) is 24.0. The molecule has 33 heavy (non-hydrogen) atoms.